The maximum Gasteiger partial charge on any atom is 2.00 e. The molecule has 0 bridgehead atoms. The molecule has 0 amide bonds. The molecule has 7 rings (SSSR count). The van der Waals surface area contributed by atoms with Gasteiger partial charge in [-0.2, -0.15) is 6.07 Å². The molecule has 6 nitrogen and oxygen atoms in total. The van der Waals surface area contributed by atoms with Gasteiger partial charge in [0.05, 0.1) is 17.2 Å². The average molecular weight is 702 g/mol. The summed E-state index contributed by atoms with van der Waals surface area (Å²) in [6, 6.07) is 38.6. The van der Waals surface area contributed by atoms with Crippen molar-refractivity contribution in [3.8, 4) is 22.9 Å². The quantitative estimate of drug-likeness (QED) is 0.164. The number of furan rings is 1. The van der Waals surface area contributed by atoms with Crippen LogP contribution in [0.3, 0.4) is 0 Å². The van der Waals surface area contributed by atoms with Crippen LogP contribution in [0.5, 0.6) is 11.5 Å². The topological polar surface area (TPSA) is 56.3 Å². The van der Waals surface area contributed by atoms with Crippen molar-refractivity contribution in [2.75, 3.05) is 4.90 Å². The van der Waals surface area contributed by atoms with Crippen LogP contribution in [-0.4, -0.2) is 14.5 Å². The summed E-state index contributed by atoms with van der Waals surface area (Å²) in [5.41, 5.74) is 4.03. The Bertz CT molecular complexity index is 1880. The maximum atomic E-state index is 6.54. The first-order valence-corrected chi connectivity index (χ1v) is 12.6. The van der Waals surface area contributed by atoms with Crippen molar-refractivity contribution in [3.05, 3.63) is 128 Å². The predicted molar refractivity (Wildman–Crippen MR) is 153 cm³/mol. The van der Waals surface area contributed by atoms with Gasteiger partial charge >= 0.3 is 21.1 Å². The molecule has 7 heteroatoms. The summed E-state index contributed by atoms with van der Waals surface area (Å²) >= 11 is 0. The molecule has 0 radical (unpaired) electrons. The smallest absolute Gasteiger partial charge is 0.502 e. The van der Waals surface area contributed by atoms with Crippen molar-refractivity contribution in [3.63, 3.8) is 0 Å². The van der Waals surface area contributed by atoms with Crippen molar-refractivity contribution in [1.82, 2.24) is 14.5 Å². The van der Waals surface area contributed by atoms with Gasteiger partial charge in [-0.3, -0.25) is 4.98 Å². The standard InChI is InChI=1S/C33H22N4O2.Pt/c1-36-19-18-35-33(36)23-20-29(32-27-14-5-6-15-28(27)39-30(32)21-23)38-26-13-9-12-25(22-26)37(24-10-3-2-4-11-24)31-16-7-8-17-34-31;/h2-19,21H,1H3;/q-2;+2. The van der Waals surface area contributed by atoms with E-state index in [4.69, 9.17) is 9.15 Å². The molecular formula is C33H22N4O2Pt. The van der Waals surface area contributed by atoms with Crippen molar-refractivity contribution in [2.24, 2.45) is 7.05 Å². The molecule has 0 aliphatic heterocycles. The van der Waals surface area contributed by atoms with Crippen molar-refractivity contribution >= 4 is 39.1 Å². The van der Waals surface area contributed by atoms with Gasteiger partial charge in [0.1, 0.15) is 11.4 Å². The number of anilines is 3. The number of fused-ring (bicyclic) bond motifs is 3. The zero-order valence-corrected chi connectivity index (χ0v) is 23.7. The Kier molecular flexibility index (Phi) is 6.93. The number of hydrogen-bond donors (Lipinski definition) is 0. The summed E-state index contributed by atoms with van der Waals surface area (Å²) in [6.07, 6.45) is 5.45. The SMILES string of the molecule is Cn1ccnc1-c1[c-]c(Oc2[c-]c(N(c3ccccc3)c3ccccn3)ccc2)c2c(c1)oc1ccccc12.[Pt+2]. The number of imidazole rings is 1. The molecular weight excluding hydrogens is 679 g/mol. The fraction of sp³-hybridized carbons (Fsp3) is 0.0303. The Hall–Kier alpha value is -4.67. The second kappa shape index (κ2) is 10.8. The molecule has 0 saturated carbocycles. The zero-order chi connectivity index (χ0) is 26.2. The molecule has 4 aromatic carbocycles. The summed E-state index contributed by atoms with van der Waals surface area (Å²) < 4.78 is 14.7. The number of nitrogens with zero attached hydrogens (tertiary/aromatic N) is 4. The van der Waals surface area contributed by atoms with Crippen LogP contribution in [0.25, 0.3) is 33.3 Å². The van der Waals surface area contributed by atoms with Crippen LogP contribution < -0.4 is 9.64 Å². The maximum absolute atomic E-state index is 6.54. The van der Waals surface area contributed by atoms with Crippen LogP contribution in [0.1, 0.15) is 0 Å². The minimum atomic E-state index is 0. The summed E-state index contributed by atoms with van der Waals surface area (Å²) in [7, 11) is 1.95. The van der Waals surface area contributed by atoms with Crippen LogP contribution in [0, 0.1) is 12.1 Å². The molecule has 0 unspecified atom stereocenters. The monoisotopic (exact) mass is 701 g/mol. The second-order valence-corrected chi connectivity index (χ2v) is 9.07. The van der Waals surface area contributed by atoms with E-state index in [2.05, 4.69) is 22.1 Å². The van der Waals surface area contributed by atoms with Crippen molar-refractivity contribution < 1.29 is 30.2 Å². The molecule has 7 aromatic rings. The van der Waals surface area contributed by atoms with E-state index >= 15 is 0 Å². The Morgan fingerprint density at radius 2 is 1.62 bits per heavy atom. The van der Waals surface area contributed by atoms with Gasteiger partial charge in [0.2, 0.25) is 0 Å². The van der Waals surface area contributed by atoms with E-state index < -0.39 is 0 Å². The molecule has 0 aliphatic carbocycles. The van der Waals surface area contributed by atoms with Gasteiger partial charge in [-0.05, 0) is 41.1 Å². The fourth-order valence-electron chi connectivity index (χ4n) is 4.77. The van der Waals surface area contributed by atoms with Crippen molar-refractivity contribution in [2.45, 2.75) is 0 Å². The Morgan fingerprint density at radius 1 is 0.800 bits per heavy atom. The zero-order valence-electron chi connectivity index (χ0n) is 21.4. The number of hydrogen-bond acceptors (Lipinski definition) is 5. The second-order valence-electron chi connectivity index (χ2n) is 9.07. The summed E-state index contributed by atoms with van der Waals surface area (Å²) in [5.74, 6) is 2.64. The van der Waals surface area contributed by atoms with Crippen LogP contribution in [0.15, 0.2) is 120 Å². The van der Waals surface area contributed by atoms with E-state index in [1.54, 1.807) is 12.4 Å². The minimum Gasteiger partial charge on any atom is -0.502 e. The minimum absolute atomic E-state index is 0. The van der Waals surface area contributed by atoms with Gasteiger partial charge in [-0.25, -0.2) is 4.98 Å². The number of ether oxygens (including phenoxy) is 1. The number of pyridine rings is 1. The van der Waals surface area contributed by atoms with E-state index in [0.717, 1.165) is 44.9 Å². The summed E-state index contributed by atoms with van der Waals surface area (Å²) in [4.78, 5) is 11.2. The number of rotatable bonds is 6. The number of benzene rings is 4. The van der Waals surface area contributed by atoms with E-state index in [9.17, 15) is 0 Å². The van der Waals surface area contributed by atoms with Gasteiger partial charge < -0.3 is 18.6 Å². The predicted octanol–water partition coefficient (Wildman–Crippen LogP) is 8.24. The van der Waals surface area contributed by atoms with Crippen molar-refractivity contribution in [1.29, 1.82) is 0 Å². The molecule has 0 fully saturated rings. The molecule has 3 heterocycles. The van der Waals surface area contributed by atoms with E-state index in [0.29, 0.717) is 17.1 Å². The number of para-hydroxylation sites is 2. The number of aromatic nitrogens is 3. The number of aryl methyl sites for hydroxylation is 1. The average Bonchev–Trinajstić information content (AvgIpc) is 3.58. The Balaban J connectivity index is 0.00000289. The van der Waals surface area contributed by atoms with E-state index in [1.165, 1.54) is 0 Å². The molecule has 40 heavy (non-hydrogen) atoms. The third kappa shape index (κ3) is 4.67. The first-order valence-electron chi connectivity index (χ1n) is 12.6. The van der Waals surface area contributed by atoms with E-state index in [1.807, 2.05) is 120 Å². The molecule has 3 aromatic heterocycles. The van der Waals surface area contributed by atoms with Crippen LogP contribution in [0.2, 0.25) is 0 Å². The molecule has 0 saturated heterocycles. The first kappa shape index (κ1) is 25.6. The van der Waals surface area contributed by atoms with Crippen LogP contribution in [-0.2, 0) is 28.1 Å². The Labute approximate surface area is 245 Å². The molecule has 196 valence electrons. The van der Waals surface area contributed by atoms with E-state index in [-0.39, 0.29) is 21.1 Å². The summed E-state index contributed by atoms with van der Waals surface area (Å²) in [6.45, 7) is 0. The van der Waals surface area contributed by atoms with Crippen LogP contribution in [0.4, 0.5) is 17.2 Å². The van der Waals surface area contributed by atoms with Gasteiger partial charge in [0.25, 0.3) is 0 Å². The first-order chi connectivity index (χ1) is 19.2. The third-order valence-corrected chi connectivity index (χ3v) is 6.53. The van der Waals surface area contributed by atoms with Gasteiger partial charge in [-0.15, -0.1) is 23.8 Å². The molecule has 0 N–H and O–H groups in total. The fourth-order valence-corrected chi connectivity index (χ4v) is 4.77. The van der Waals surface area contributed by atoms with Gasteiger partial charge in [-0.1, -0.05) is 60.3 Å². The Morgan fingerprint density at radius 3 is 2.42 bits per heavy atom. The van der Waals surface area contributed by atoms with Gasteiger partial charge in [0.15, 0.2) is 0 Å². The molecule has 0 spiro atoms. The third-order valence-electron chi connectivity index (χ3n) is 6.53. The van der Waals surface area contributed by atoms with Crippen LogP contribution >= 0.6 is 0 Å². The largest absolute Gasteiger partial charge is 2.00 e. The molecule has 0 atom stereocenters. The molecule has 0 aliphatic rings. The van der Waals surface area contributed by atoms with Gasteiger partial charge in [0, 0.05) is 37.1 Å². The normalized spacial score (nSPS) is 10.9. The summed E-state index contributed by atoms with van der Waals surface area (Å²) in [5, 5.41) is 1.81.